The summed E-state index contributed by atoms with van der Waals surface area (Å²) >= 11 is 12.0. The number of hydrogen-bond acceptors (Lipinski definition) is 1. The van der Waals surface area contributed by atoms with Crippen molar-refractivity contribution in [2.75, 3.05) is 0 Å². The Kier molecular flexibility index (Phi) is 5.08. The van der Waals surface area contributed by atoms with Gasteiger partial charge in [-0.15, -0.1) is 22.9 Å². The Hall–Kier alpha value is -0.310. The maximum Gasteiger partial charge on any atom is 0.0928 e. The number of aryl methyl sites for hydroxylation is 1. The van der Waals surface area contributed by atoms with Crippen molar-refractivity contribution in [1.82, 2.24) is 0 Å². The Morgan fingerprint density at radius 3 is 2.38 bits per heavy atom. The van der Waals surface area contributed by atoms with Gasteiger partial charge in [0.25, 0.3) is 0 Å². The molecule has 0 nitrogen and oxygen atoms in total. The second kappa shape index (κ2) is 6.85. The van der Waals surface area contributed by atoms with Gasteiger partial charge in [-0.2, -0.15) is 0 Å². The van der Waals surface area contributed by atoms with Gasteiger partial charge in [0.05, 0.1) is 9.16 Å². The maximum atomic E-state index is 6.64. The highest BCUT2D eigenvalue weighted by atomic mass is 79.9. The van der Waals surface area contributed by atoms with E-state index in [4.69, 9.17) is 11.6 Å². The number of hydrogen-bond donors (Lipinski definition) is 0. The summed E-state index contributed by atoms with van der Waals surface area (Å²) in [7, 11) is 0. The van der Waals surface area contributed by atoms with E-state index in [2.05, 4.69) is 53.2 Å². The molecule has 0 bridgehead atoms. The predicted molar refractivity (Wildman–Crippen MR) is 96.7 cm³/mol. The Morgan fingerprint density at radius 2 is 1.81 bits per heavy atom. The van der Waals surface area contributed by atoms with E-state index in [0.717, 1.165) is 5.92 Å². The van der Waals surface area contributed by atoms with Crippen LogP contribution < -0.4 is 0 Å². The lowest BCUT2D eigenvalue weighted by Crippen LogP contribution is -2.04. The zero-order valence-corrected chi connectivity index (χ0v) is 15.4. The minimum atomic E-state index is -0.0413. The van der Waals surface area contributed by atoms with Crippen molar-refractivity contribution in [2.45, 2.75) is 50.3 Å². The van der Waals surface area contributed by atoms with Gasteiger partial charge < -0.3 is 0 Å². The summed E-state index contributed by atoms with van der Waals surface area (Å²) in [4.78, 5) is 1.21. The first-order chi connectivity index (χ1) is 10.1. The molecule has 0 amide bonds. The predicted octanol–water partition coefficient (Wildman–Crippen LogP) is 7.19. The normalized spacial score (nSPS) is 17.9. The monoisotopic (exact) mass is 382 g/mol. The summed E-state index contributed by atoms with van der Waals surface area (Å²) in [6.07, 6.45) is 6.87. The van der Waals surface area contributed by atoms with Crippen molar-refractivity contribution in [2.24, 2.45) is 0 Å². The zero-order valence-electron chi connectivity index (χ0n) is 12.2. The number of rotatable bonds is 3. The standard InChI is InChI=1S/C18H20BrClS/c1-12-11-16(21-18(12)19)17(20)15-9-7-14(8-10-15)13-5-3-2-4-6-13/h7-11,13,17H,2-6H2,1H3. The number of halogens is 2. The zero-order chi connectivity index (χ0) is 14.8. The van der Waals surface area contributed by atoms with E-state index < -0.39 is 0 Å². The molecule has 1 aliphatic rings. The van der Waals surface area contributed by atoms with Crippen LogP contribution in [0.3, 0.4) is 0 Å². The van der Waals surface area contributed by atoms with Gasteiger partial charge >= 0.3 is 0 Å². The molecular formula is C18H20BrClS. The van der Waals surface area contributed by atoms with Crippen LogP contribution in [0.2, 0.25) is 0 Å². The van der Waals surface area contributed by atoms with Gasteiger partial charge in [-0.25, -0.2) is 0 Å². The highest BCUT2D eigenvalue weighted by Crippen LogP contribution is 2.39. The minimum absolute atomic E-state index is 0.0413. The van der Waals surface area contributed by atoms with E-state index in [-0.39, 0.29) is 5.38 Å². The molecule has 1 fully saturated rings. The molecule has 1 saturated carbocycles. The van der Waals surface area contributed by atoms with Crippen molar-refractivity contribution >= 4 is 38.9 Å². The molecule has 2 aromatic rings. The number of thiophene rings is 1. The summed E-state index contributed by atoms with van der Waals surface area (Å²) in [5.41, 5.74) is 3.95. The molecule has 1 atom stereocenters. The molecular weight excluding hydrogens is 364 g/mol. The fourth-order valence-corrected chi connectivity index (χ4v) is 5.07. The molecule has 3 heteroatoms. The lowest BCUT2D eigenvalue weighted by molar-refractivity contribution is 0.443. The Morgan fingerprint density at radius 1 is 1.14 bits per heavy atom. The Labute approximate surface area is 144 Å². The van der Waals surface area contributed by atoms with Crippen LogP contribution in [-0.2, 0) is 0 Å². The first-order valence-electron chi connectivity index (χ1n) is 7.65. The van der Waals surface area contributed by atoms with Gasteiger partial charge in [0.15, 0.2) is 0 Å². The Bertz CT molecular complexity index is 577. The van der Waals surface area contributed by atoms with Crippen molar-refractivity contribution in [3.8, 4) is 0 Å². The van der Waals surface area contributed by atoms with Crippen molar-refractivity contribution in [3.05, 3.63) is 55.7 Å². The quantitative estimate of drug-likeness (QED) is 0.492. The smallest absolute Gasteiger partial charge is 0.0928 e. The first-order valence-corrected chi connectivity index (χ1v) is 9.69. The van der Waals surface area contributed by atoms with Crippen molar-refractivity contribution in [3.63, 3.8) is 0 Å². The third kappa shape index (κ3) is 3.55. The van der Waals surface area contributed by atoms with Crippen molar-refractivity contribution in [1.29, 1.82) is 0 Å². The van der Waals surface area contributed by atoms with Crippen LogP contribution in [0.5, 0.6) is 0 Å². The number of benzene rings is 1. The van der Waals surface area contributed by atoms with Gasteiger partial charge in [0, 0.05) is 4.88 Å². The Balaban J connectivity index is 1.76. The molecule has 112 valence electrons. The SMILES string of the molecule is Cc1cc(C(Cl)c2ccc(C3CCCCC3)cc2)sc1Br. The van der Waals surface area contributed by atoms with Gasteiger partial charge in [0.1, 0.15) is 0 Å². The fourth-order valence-electron chi connectivity index (χ4n) is 3.15. The van der Waals surface area contributed by atoms with Crippen LogP contribution >= 0.6 is 38.9 Å². The molecule has 0 N–H and O–H groups in total. The van der Waals surface area contributed by atoms with E-state index in [1.54, 1.807) is 11.3 Å². The van der Waals surface area contributed by atoms with E-state index in [1.165, 1.54) is 57.5 Å². The average molecular weight is 384 g/mol. The molecule has 0 aliphatic heterocycles. The molecule has 1 aliphatic carbocycles. The third-order valence-corrected chi connectivity index (χ3v) is 7.25. The van der Waals surface area contributed by atoms with Gasteiger partial charge in [-0.1, -0.05) is 43.5 Å². The van der Waals surface area contributed by atoms with Crippen LogP contribution in [0.4, 0.5) is 0 Å². The molecule has 1 aromatic heterocycles. The van der Waals surface area contributed by atoms with E-state index in [1.807, 2.05) is 0 Å². The molecule has 0 saturated heterocycles. The molecule has 1 unspecified atom stereocenters. The summed E-state index contributed by atoms with van der Waals surface area (Å²) in [6.45, 7) is 2.11. The van der Waals surface area contributed by atoms with Crippen LogP contribution in [0, 0.1) is 6.92 Å². The lowest BCUT2D eigenvalue weighted by atomic mass is 9.84. The van der Waals surface area contributed by atoms with Crippen LogP contribution in [0.15, 0.2) is 34.1 Å². The molecule has 1 heterocycles. The minimum Gasteiger partial charge on any atom is -0.131 e. The fraction of sp³-hybridized carbons (Fsp3) is 0.444. The lowest BCUT2D eigenvalue weighted by Gasteiger charge is -2.22. The van der Waals surface area contributed by atoms with Gasteiger partial charge in [-0.05, 0) is 64.4 Å². The molecule has 3 rings (SSSR count). The van der Waals surface area contributed by atoms with Crippen LogP contribution in [0.1, 0.15) is 65.0 Å². The molecule has 1 aromatic carbocycles. The van der Waals surface area contributed by atoms with E-state index in [9.17, 15) is 0 Å². The maximum absolute atomic E-state index is 6.64. The van der Waals surface area contributed by atoms with Crippen LogP contribution in [-0.4, -0.2) is 0 Å². The first kappa shape index (κ1) is 15.6. The highest BCUT2D eigenvalue weighted by molar-refractivity contribution is 9.11. The molecule has 0 spiro atoms. The largest absolute Gasteiger partial charge is 0.131 e. The summed E-state index contributed by atoms with van der Waals surface area (Å²) in [5.74, 6) is 0.764. The van der Waals surface area contributed by atoms with E-state index in [0.29, 0.717) is 0 Å². The second-order valence-corrected chi connectivity index (χ2v) is 8.81. The van der Waals surface area contributed by atoms with Crippen LogP contribution in [0.25, 0.3) is 0 Å². The second-order valence-electron chi connectivity index (χ2n) is 5.97. The summed E-state index contributed by atoms with van der Waals surface area (Å²) in [5, 5.41) is -0.0413. The number of alkyl halides is 1. The molecule has 21 heavy (non-hydrogen) atoms. The van der Waals surface area contributed by atoms with Gasteiger partial charge in [0.2, 0.25) is 0 Å². The van der Waals surface area contributed by atoms with E-state index >= 15 is 0 Å². The topological polar surface area (TPSA) is 0 Å². The molecule has 0 radical (unpaired) electrons. The van der Waals surface area contributed by atoms with Crippen molar-refractivity contribution < 1.29 is 0 Å². The average Bonchev–Trinajstić information content (AvgIpc) is 2.87. The summed E-state index contributed by atoms with van der Waals surface area (Å²) < 4.78 is 1.18. The summed E-state index contributed by atoms with van der Waals surface area (Å²) in [6, 6.07) is 11.2. The third-order valence-electron chi connectivity index (χ3n) is 4.43. The highest BCUT2D eigenvalue weighted by Gasteiger charge is 2.18. The van der Waals surface area contributed by atoms with Gasteiger partial charge in [-0.3, -0.25) is 0 Å².